The van der Waals surface area contributed by atoms with Crippen molar-refractivity contribution in [2.24, 2.45) is 0 Å². The molecule has 1 heterocycles. The molecule has 0 unspecified atom stereocenters. The Hall–Kier alpha value is -2.82. The Morgan fingerprint density at radius 3 is 2.54 bits per heavy atom. The van der Waals surface area contributed by atoms with Crippen molar-refractivity contribution in [1.29, 1.82) is 0 Å². The van der Waals surface area contributed by atoms with E-state index in [0.717, 1.165) is 24.2 Å². The van der Waals surface area contributed by atoms with Crippen LogP contribution in [0.15, 0.2) is 50.4 Å². The summed E-state index contributed by atoms with van der Waals surface area (Å²) in [7, 11) is 0. The van der Waals surface area contributed by atoms with Crippen molar-refractivity contribution in [2.75, 3.05) is 6.61 Å². The van der Waals surface area contributed by atoms with Gasteiger partial charge in [0, 0.05) is 6.54 Å². The van der Waals surface area contributed by atoms with E-state index in [4.69, 9.17) is 9.15 Å². The van der Waals surface area contributed by atoms with Crippen molar-refractivity contribution in [3.05, 3.63) is 74.1 Å². The summed E-state index contributed by atoms with van der Waals surface area (Å²) < 4.78 is 12.1. The van der Waals surface area contributed by atoms with Crippen LogP contribution in [0.5, 0.6) is 5.75 Å². The zero-order chi connectivity index (χ0) is 18.7. The standard InChI is InChI=1S/C21H23NO4/c1-14-6-9-19-18(12-14)20(23)26-21(24)22(19)10-4-5-11-25-17-8-7-15(2)16(3)13-17/h6-9,12-13H,4-5,10-11H2,1-3H3. The smallest absolute Gasteiger partial charge is 0.422 e. The lowest BCUT2D eigenvalue weighted by Crippen LogP contribution is -2.25. The Labute approximate surface area is 151 Å². The Morgan fingerprint density at radius 2 is 1.77 bits per heavy atom. The van der Waals surface area contributed by atoms with Crippen LogP contribution in [0.2, 0.25) is 0 Å². The quantitative estimate of drug-likeness (QED) is 0.634. The number of rotatable bonds is 6. The molecule has 0 fully saturated rings. The summed E-state index contributed by atoms with van der Waals surface area (Å²) in [5, 5.41) is 0.441. The summed E-state index contributed by atoms with van der Waals surface area (Å²) in [6.07, 6.45) is 1.55. The van der Waals surface area contributed by atoms with Crippen LogP contribution in [-0.4, -0.2) is 11.2 Å². The van der Waals surface area contributed by atoms with Crippen LogP contribution in [0, 0.1) is 20.8 Å². The predicted molar refractivity (Wildman–Crippen MR) is 102 cm³/mol. The summed E-state index contributed by atoms with van der Waals surface area (Å²) in [4.78, 5) is 23.9. The number of hydrogen-bond donors (Lipinski definition) is 0. The average Bonchev–Trinajstić information content (AvgIpc) is 2.60. The molecule has 3 rings (SSSR count). The van der Waals surface area contributed by atoms with E-state index in [1.165, 1.54) is 15.7 Å². The number of fused-ring (bicyclic) bond motifs is 1. The van der Waals surface area contributed by atoms with Crippen LogP contribution >= 0.6 is 0 Å². The molecule has 0 bridgehead atoms. The Balaban J connectivity index is 1.64. The monoisotopic (exact) mass is 353 g/mol. The molecule has 1 aromatic heterocycles. The van der Waals surface area contributed by atoms with E-state index < -0.39 is 11.4 Å². The average molecular weight is 353 g/mol. The lowest BCUT2D eigenvalue weighted by molar-refractivity contribution is 0.300. The first-order valence-electron chi connectivity index (χ1n) is 8.80. The fraction of sp³-hybridized carbons (Fsp3) is 0.333. The lowest BCUT2D eigenvalue weighted by atomic mass is 10.1. The fourth-order valence-corrected chi connectivity index (χ4v) is 2.91. The van der Waals surface area contributed by atoms with Gasteiger partial charge in [0.15, 0.2) is 0 Å². The van der Waals surface area contributed by atoms with Crippen molar-refractivity contribution < 1.29 is 9.15 Å². The second-order valence-corrected chi connectivity index (χ2v) is 6.63. The molecule has 0 aliphatic carbocycles. The molecule has 5 heteroatoms. The maximum atomic E-state index is 12.1. The number of aromatic nitrogens is 1. The van der Waals surface area contributed by atoms with Crippen molar-refractivity contribution in [3.63, 3.8) is 0 Å². The minimum absolute atomic E-state index is 0.441. The Kier molecular flexibility index (Phi) is 5.26. The molecular formula is C21H23NO4. The highest BCUT2D eigenvalue weighted by Gasteiger charge is 2.09. The van der Waals surface area contributed by atoms with E-state index in [1.54, 1.807) is 12.1 Å². The summed E-state index contributed by atoms with van der Waals surface area (Å²) in [6.45, 7) is 7.09. The molecule has 0 amide bonds. The molecule has 0 atom stereocenters. The Morgan fingerprint density at radius 1 is 0.962 bits per heavy atom. The van der Waals surface area contributed by atoms with E-state index >= 15 is 0 Å². The van der Waals surface area contributed by atoms with Crippen molar-refractivity contribution in [3.8, 4) is 5.75 Å². The maximum Gasteiger partial charge on any atom is 0.422 e. The SMILES string of the molecule is Cc1ccc2c(c1)c(=O)oc(=O)n2CCCCOc1ccc(C)c(C)c1. The van der Waals surface area contributed by atoms with Crippen molar-refractivity contribution in [2.45, 2.75) is 40.2 Å². The largest absolute Gasteiger partial charge is 0.494 e. The number of aryl methyl sites for hydroxylation is 4. The summed E-state index contributed by atoms with van der Waals surface area (Å²) in [6, 6.07) is 11.5. The van der Waals surface area contributed by atoms with Crippen LogP contribution in [-0.2, 0) is 6.54 Å². The summed E-state index contributed by atoms with van der Waals surface area (Å²) >= 11 is 0. The molecule has 0 saturated heterocycles. The minimum atomic E-state index is -0.610. The van der Waals surface area contributed by atoms with Gasteiger partial charge in [-0.05, 0) is 69.0 Å². The number of nitrogens with zero attached hydrogens (tertiary/aromatic N) is 1. The second kappa shape index (κ2) is 7.60. The van der Waals surface area contributed by atoms with E-state index in [1.807, 2.05) is 31.2 Å². The zero-order valence-corrected chi connectivity index (χ0v) is 15.4. The van der Waals surface area contributed by atoms with Gasteiger partial charge in [-0.25, -0.2) is 9.59 Å². The number of hydrogen-bond acceptors (Lipinski definition) is 4. The van der Waals surface area contributed by atoms with E-state index in [9.17, 15) is 9.59 Å². The van der Waals surface area contributed by atoms with Gasteiger partial charge in [-0.15, -0.1) is 0 Å². The fourth-order valence-electron chi connectivity index (χ4n) is 2.91. The van der Waals surface area contributed by atoms with Crippen molar-refractivity contribution >= 4 is 10.9 Å². The second-order valence-electron chi connectivity index (χ2n) is 6.63. The highest BCUT2D eigenvalue weighted by Crippen LogP contribution is 2.17. The molecular weight excluding hydrogens is 330 g/mol. The van der Waals surface area contributed by atoms with Crippen LogP contribution in [0.1, 0.15) is 29.5 Å². The maximum absolute atomic E-state index is 12.1. The Bertz CT molecular complexity index is 1050. The van der Waals surface area contributed by atoms with Gasteiger partial charge in [0.2, 0.25) is 0 Å². The van der Waals surface area contributed by atoms with Crippen LogP contribution < -0.4 is 16.1 Å². The zero-order valence-electron chi connectivity index (χ0n) is 15.4. The molecule has 5 nitrogen and oxygen atoms in total. The highest BCUT2D eigenvalue weighted by molar-refractivity contribution is 5.78. The van der Waals surface area contributed by atoms with Crippen molar-refractivity contribution in [1.82, 2.24) is 4.57 Å². The molecule has 0 saturated carbocycles. The first-order valence-corrected chi connectivity index (χ1v) is 8.80. The highest BCUT2D eigenvalue weighted by atomic mass is 16.5. The van der Waals surface area contributed by atoms with Gasteiger partial charge in [0.1, 0.15) is 5.75 Å². The predicted octanol–water partition coefficient (Wildman–Crippen LogP) is 3.74. The molecule has 0 aliphatic rings. The normalized spacial score (nSPS) is 11.0. The van der Waals surface area contributed by atoms with E-state index in [2.05, 4.69) is 13.8 Å². The molecule has 2 aromatic carbocycles. The van der Waals surface area contributed by atoms with Gasteiger partial charge >= 0.3 is 11.4 Å². The molecule has 0 spiro atoms. The number of ether oxygens (including phenoxy) is 1. The van der Waals surface area contributed by atoms with Gasteiger partial charge in [-0.1, -0.05) is 17.7 Å². The molecule has 0 radical (unpaired) electrons. The van der Waals surface area contributed by atoms with Gasteiger partial charge in [-0.3, -0.25) is 4.57 Å². The summed E-state index contributed by atoms with van der Waals surface area (Å²) in [5.41, 5.74) is 3.44. The first-order chi connectivity index (χ1) is 12.5. The molecule has 0 aliphatic heterocycles. The van der Waals surface area contributed by atoms with Crippen LogP contribution in [0.4, 0.5) is 0 Å². The minimum Gasteiger partial charge on any atom is -0.494 e. The van der Waals surface area contributed by atoms with Gasteiger partial charge < -0.3 is 9.15 Å². The van der Waals surface area contributed by atoms with Gasteiger partial charge in [-0.2, -0.15) is 0 Å². The first kappa shape index (κ1) is 18.0. The van der Waals surface area contributed by atoms with Gasteiger partial charge in [0.25, 0.3) is 0 Å². The third-order valence-electron chi connectivity index (χ3n) is 4.59. The molecule has 0 N–H and O–H groups in total. The molecule has 26 heavy (non-hydrogen) atoms. The lowest BCUT2D eigenvalue weighted by Gasteiger charge is -2.10. The van der Waals surface area contributed by atoms with E-state index in [0.29, 0.717) is 24.1 Å². The molecule has 3 aromatic rings. The van der Waals surface area contributed by atoms with E-state index in [-0.39, 0.29) is 0 Å². The van der Waals surface area contributed by atoms with Crippen LogP contribution in [0.3, 0.4) is 0 Å². The topological polar surface area (TPSA) is 61.4 Å². The number of unbranched alkanes of at least 4 members (excludes halogenated alkanes) is 1. The number of benzene rings is 2. The third kappa shape index (κ3) is 3.87. The van der Waals surface area contributed by atoms with Gasteiger partial charge in [0.05, 0.1) is 17.5 Å². The van der Waals surface area contributed by atoms with Crippen LogP contribution in [0.25, 0.3) is 10.9 Å². The summed E-state index contributed by atoms with van der Waals surface area (Å²) in [5.74, 6) is 0.248. The third-order valence-corrected chi connectivity index (χ3v) is 4.59. The molecule has 136 valence electrons.